The normalized spacial score (nSPS) is 23.8. The van der Waals surface area contributed by atoms with E-state index < -0.39 is 0 Å². The minimum Gasteiger partial charge on any atom is -0.342 e. The first-order valence-corrected chi connectivity index (χ1v) is 11.0. The molecule has 2 heterocycles. The largest absolute Gasteiger partial charge is 0.342 e. The Labute approximate surface area is 168 Å². The standard InChI is InChI=1S/C23H33N3O2/c27-21(19-8-3-1-4-9-19)12-7-15-25-16-13-23(14-17-25)22(28)24-18-26(23)20-10-5-2-6-11-20/h1,3-4,8-9,20H,2,5-7,10-18H2,(H,24,28). The number of nitrogens with zero attached hydrogens (tertiary/aromatic N) is 2. The highest BCUT2D eigenvalue weighted by atomic mass is 16.2. The SMILES string of the molecule is O=C(CCCN1CCC2(CC1)C(=O)NCN2C1CCCCC1)c1ccccc1. The minimum absolute atomic E-state index is 0.229. The molecular formula is C23H33N3O2. The van der Waals surface area contributed by atoms with Crippen LogP contribution in [0.2, 0.25) is 0 Å². The molecule has 0 atom stereocenters. The van der Waals surface area contributed by atoms with Crippen LogP contribution in [0.1, 0.15) is 68.1 Å². The Morgan fingerprint density at radius 1 is 1.07 bits per heavy atom. The molecule has 1 saturated carbocycles. The fourth-order valence-corrected chi connectivity index (χ4v) is 5.37. The molecular weight excluding hydrogens is 350 g/mol. The molecule has 28 heavy (non-hydrogen) atoms. The van der Waals surface area contributed by atoms with Crippen LogP contribution in [0.5, 0.6) is 0 Å². The summed E-state index contributed by atoms with van der Waals surface area (Å²) >= 11 is 0. The molecule has 0 radical (unpaired) electrons. The van der Waals surface area contributed by atoms with Gasteiger partial charge in [0, 0.05) is 31.1 Å². The van der Waals surface area contributed by atoms with Gasteiger partial charge in [0.05, 0.1) is 6.67 Å². The molecule has 5 heteroatoms. The van der Waals surface area contributed by atoms with Crippen LogP contribution in [0.3, 0.4) is 0 Å². The van der Waals surface area contributed by atoms with Gasteiger partial charge in [-0.1, -0.05) is 49.6 Å². The van der Waals surface area contributed by atoms with Crippen molar-refractivity contribution in [3.05, 3.63) is 35.9 Å². The molecule has 0 unspecified atom stereocenters. The Morgan fingerprint density at radius 2 is 1.79 bits per heavy atom. The molecule has 1 aliphatic carbocycles. The average molecular weight is 384 g/mol. The number of piperidine rings is 1. The van der Waals surface area contributed by atoms with Gasteiger partial charge in [-0.15, -0.1) is 0 Å². The van der Waals surface area contributed by atoms with Crippen molar-refractivity contribution in [1.82, 2.24) is 15.1 Å². The number of rotatable bonds is 6. The van der Waals surface area contributed by atoms with E-state index in [-0.39, 0.29) is 17.2 Å². The van der Waals surface area contributed by atoms with Crippen LogP contribution in [0.15, 0.2) is 30.3 Å². The van der Waals surface area contributed by atoms with Gasteiger partial charge in [0.15, 0.2) is 5.78 Å². The van der Waals surface area contributed by atoms with Crippen LogP contribution < -0.4 is 5.32 Å². The second-order valence-corrected chi connectivity index (χ2v) is 8.69. The zero-order valence-corrected chi connectivity index (χ0v) is 16.9. The second kappa shape index (κ2) is 8.75. The molecule has 3 fully saturated rings. The lowest BCUT2D eigenvalue weighted by Gasteiger charge is -2.46. The number of benzene rings is 1. The van der Waals surface area contributed by atoms with Crippen molar-refractivity contribution in [3.63, 3.8) is 0 Å². The maximum Gasteiger partial charge on any atom is 0.241 e. The van der Waals surface area contributed by atoms with Crippen LogP contribution in [0.25, 0.3) is 0 Å². The third-order valence-corrected chi connectivity index (χ3v) is 7.06. The van der Waals surface area contributed by atoms with Crippen molar-refractivity contribution < 1.29 is 9.59 Å². The van der Waals surface area contributed by atoms with E-state index in [1.807, 2.05) is 30.3 Å². The molecule has 1 aromatic carbocycles. The van der Waals surface area contributed by atoms with E-state index in [1.165, 1.54) is 32.1 Å². The van der Waals surface area contributed by atoms with Gasteiger partial charge in [0.2, 0.25) is 5.91 Å². The highest BCUT2D eigenvalue weighted by Gasteiger charge is 2.52. The van der Waals surface area contributed by atoms with E-state index in [9.17, 15) is 9.59 Å². The predicted molar refractivity (Wildman–Crippen MR) is 110 cm³/mol. The summed E-state index contributed by atoms with van der Waals surface area (Å²) in [7, 11) is 0. The molecule has 2 saturated heterocycles. The number of ketones is 1. The minimum atomic E-state index is -0.279. The van der Waals surface area contributed by atoms with Crippen molar-refractivity contribution in [2.24, 2.45) is 0 Å². The number of amides is 1. The van der Waals surface area contributed by atoms with Crippen LogP contribution >= 0.6 is 0 Å². The summed E-state index contributed by atoms with van der Waals surface area (Å²) in [5.41, 5.74) is 0.532. The summed E-state index contributed by atoms with van der Waals surface area (Å²) in [6.45, 7) is 3.58. The highest BCUT2D eigenvalue weighted by molar-refractivity contribution is 5.95. The number of carbonyl (C=O) groups excluding carboxylic acids is 2. The van der Waals surface area contributed by atoms with Crippen molar-refractivity contribution in [1.29, 1.82) is 0 Å². The van der Waals surface area contributed by atoms with Gasteiger partial charge in [-0.3, -0.25) is 14.5 Å². The third-order valence-electron chi connectivity index (χ3n) is 7.06. The summed E-state index contributed by atoms with van der Waals surface area (Å²) < 4.78 is 0. The van der Waals surface area contributed by atoms with E-state index in [1.54, 1.807) is 0 Å². The summed E-state index contributed by atoms with van der Waals surface area (Å²) in [5, 5.41) is 3.14. The molecule has 1 amide bonds. The molecule has 4 rings (SSSR count). The first kappa shape index (κ1) is 19.6. The monoisotopic (exact) mass is 383 g/mol. The molecule has 1 spiro atoms. The van der Waals surface area contributed by atoms with E-state index in [2.05, 4.69) is 15.1 Å². The fourth-order valence-electron chi connectivity index (χ4n) is 5.37. The summed E-state index contributed by atoms with van der Waals surface area (Å²) in [5.74, 6) is 0.477. The predicted octanol–water partition coefficient (Wildman–Crippen LogP) is 3.21. The number of nitrogens with one attached hydrogen (secondary N) is 1. The fraction of sp³-hybridized carbons (Fsp3) is 0.652. The van der Waals surface area contributed by atoms with Crippen LogP contribution in [-0.4, -0.2) is 59.4 Å². The van der Waals surface area contributed by atoms with Crippen molar-refractivity contribution in [2.75, 3.05) is 26.3 Å². The number of hydrogen-bond donors (Lipinski definition) is 1. The molecule has 2 aliphatic heterocycles. The number of Topliss-reactive ketones (excluding diaryl/α,β-unsaturated/α-hetero) is 1. The summed E-state index contributed by atoms with van der Waals surface area (Å²) in [6.07, 6.45) is 9.74. The molecule has 0 bridgehead atoms. The van der Waals surface area contributed by atoms with Gasteiger partial charge >= 0.3 is 0 Å². The lowest BCUT2D eigenvalue weighted by molar-refractivity contribution is -0.130. The highest BCUT2D eigenvalue weighted by Crippen LogP contribution is 2.37. The van der Waals surface area contributed by atoms with Crippen LogP contribution in [-0.2, 0) is 4.79 Å². The molecule has 0 aromatic heterocycles. The molecule has 1 N–H and O–H groups in total. The van der Waals surface area contributed by atoms with Gasteiger partial charge in [-0.05, 0) is 38.6 Å². The van der Waals surface area contributed by atoms with Gasteiger partial charge in [-0.2, -0.15) is 0 Å². The van der Waals surface area contributed by atoms with E-state index >= 15 is 0 Å². The first-order valence-electron chi connectivity index (χ1n) is 11.0. The van der Waals surface area contributed by atoms with Crippen molar-refractivity contribution in [3.8, 4) is 0 Å². The van der Waals surface area contributed by atoms with E-state index in [0.29, 0.717) is 12.5 Å². The second-order valence-electron chi connectivity index (χ2n) is 8.69. The van der Waals surface area contributed by atoms with Crippen molar-refractivity contribution >= 4 is 11.7 Å². The molecule has 152 valence electrons. The Hall–Kier alpha value is -1.72. The lowest BCUT2D eigenvalue weighted by atomic mass is 9.82. The average Bonchev–Trinajstić information content (AvgIpc) is 3.06. The van der Waals surface area contributed by atoms with Gasteiger partial charge in [-0.25, -0.2) is 0 Å². The maximum absolute atomic E-state index is 12.8. The number of carbonyl (C=O) groups is 2. The topological polar surface area (TPSA) is 52.7 Å². The van der Waals surface area contributed by atoms with Gasteiger partial charge in [0.25, 0.3) is 0 Å². The van der Waals surface area contributed by atoms with Crippen LogP contribution in [0, 0.1) is 0 Å². The zero-order chi connectivity index (χ0) is 19.4. The smallest absolute Gasteiger partial charge is 0.241 e. The molecule has 3 aliphatic rings. The molecule has 5 nitrogen and oxygen atoms in total. The number of hydrogen-bond acceptors (Lipinski definition) is 4. The Balaban J connectivity index is 1.27. The zero-order valence-electron chi connectivity index (χ0n) is 16.9. The Bertz CT molecular complexity index is 676. The van der Waals surface area contributed by atoms with Crippen molar-refractivity contribution in [2.45, 2.75) is 69.4 Å². The summed E-state index contributed by atoms with van der Waals surface area (Å²) in [6, 6.07) is 10.1. The lowest BCUT2D eigenvalue weighted by Crippen LogP contribution is -2.59. The first-order chi connectivity index (χ1) is 13.7. The van der Waals surface area contributed by atoms with E-state index in [4.69, 9.17) is 0 Å². The van der Waals surface area contributed by atoms with Gasteiger partial charge in [0.1, 0.15) is 5.54 Å². The maximum atomic E-state index is 12.8. The Morgan fingerprint density at radius 3 is 2.50 bits per heavy atom. The third kappa shape index (κ3) is 4.01. The van der Waals surface area contributed by atoms with Gasteiger partial charge < -0.3 is 10.2 Å². The summed E-state index contributed by atoms with van der Waals surface area (Å²) in [4.78, 5) is 30.0. The molecule has 1 aromatic rings. The van der Waals surface area contributed by atoms with E-state index in [0.717, 1.165) is 51.1 Å². The Kier molecular flexibility index (Phi) is 6.12. The number of likely N-dealkylation sites (tertiary alicyclic amines) is 1. The van der Waals surface area contributed by atoms with Crippen LogP contribution in [0.4, 0.5) is 0 Å². The quantitative estimate of drug-likeness (QED) is 0.767.